The second-order valence-electron chi connectivity index (χ2n) is 5.86. The van der Waals surface area contributed by atoms with Crippen molar-refractivity contribution in [1.82, 2.24) is 20.4 Å². The number of aryl methyl sites for hydroxylation is 2. The number of hydrogen-bond acceptors (Lipinski definition) is 4. The molecule has 2 rings (SSSR count). The number of amides is 2. The van der Waals surface area contributed by atoms with Gasteiger partial charge in [0.2, 0.25) is 0 Å². The Bertz CT molecular complexity index is 727. The molecule has 0 bridgehead atoms. The summed E-state index contributed by atoms with van der Waals surface area (Å²) < 4.78 is 12.6. The molecule has 1 aromatic carbocycles. The molecule has 2 N–H and O–H groups in total. The van der Waals surface area contributed by atoms with Gasteiger partial charge in [-0.25, -0.2) is 4.79 Å². The highest BCUT2D eigenvalue weighted by Gasteiger charge is 2.17. The van der Waals surface area contributed by atoms with Crippen LogP contribution in [0.25, 0.3) is 0 Å². The third kappa shape index (κ3) is 4.89. The standard InChI is InChI=1S/C18H26N4O3/c1-12(17-13(2)21-22(4)14(17)3)20-18(23)19-9-10-25-16-8-6-7-15(11-16)24-5/h6-8,11-12H,9-10H2,1-5H3,(H2,19,20,23)/t12-/m0/s1. The van der Waals surface area contributed by atoms with Crippen LogP contribution in [-0.2, 0) is 7.05 Å². The van der Waals surface area contributed by atoms with Gasteiger partial charge in [0.1, 0.15) is 18.1 Å². The first kappa shape index (κ1) is 18.6. The summed E-state index contributed by atoms with van der Waals surface area (Å²) in [6, 6.07) is 7.00. The van der Waals surface area contributed by atoms with Gasteiger partial charge in [-0.2, -0.15) is 5.10 Å². The number of carbonyl (C=O) groups excluding carboxylic acids is 1. The van der Waals surface area contributed by atoms with Crippen LogP contribution in [0.4, 0.5) is 4.79 Å². The van der Waals surface area contributed by atoms with Gasteiger partial charge in [0.25, 0.3) is 0 Å². The molecule has 25 heavy (non-hydrogen) atoms. The predicted octanol–water partition coefficient (Wildman–Crippen LogP) is 2.48. The highest BCUT2D eigenvalue weighted by Crippen LogP contribution is 2.20. The lowest BCUT2D eigenvalue weighted by Crippen LogP contribution is -2.39. The van der Waals surface area contributed by atoms with E-state index in [-0.39, 0.29) is 12.1 Å². The summed E-state index contributed by atoms with van der Waals surface area (Å²) in [6.07, 6.45) is 0. The van der Waals surface area contributed by atoms with Gasteiger partial charge in [-0.15, -0.1) is 0 Å². The number of nitrogens with one attached hydrogen (secondary N) is 2. The Kier molecular flexibility index (Phi) is 6.27. The number of benzene rings is 1. The van der Waals surface area contributed by atoms with Crippen LogP contribution in [0.15, 0.2) is 24.3 Å². The zero-order valence-electron chi connectivity index (χ0n) is 15.4. The summed E-state index contributed by atoms with van der Waals surface area (Å²) in [5, 5.41) is 10.1. The molecule has 7 heteroatoms. The van der Waals surface area contributed by atoms with Crippen LogP contribution in [0.1, 0.15) is 29.9 Å². The van der Waals surface area contributed by atoms with E-state index >= 15 is 0 Å². The minimum absolute atomic E-state index is 0.118. The lowest BCUT2D eigenvalue weighted by Gasteiger charge is -2.16. The predicted molar refractivity (Wildman–Crippen MR) is 96.1 cm³/mol. The molecule has 1 aromatic heterocycles. The lowest BCUT2D eigenvalue weighted by molar-refractivity contribution is 0.233. The van der Waals surface area contributed by atoms with E-state index in [4.69, 9.17) is 9.47 Å². The molecule has 0 fully saturated rings. The molecule has 0 spiro atoms. The first-order valence-electron chi connectivity index (χ1n) is 8.23. The number of ether oxygens (including phenoxy) is 2. The Hall–Kier alpha value is -2.70. The largest absolute Gasteiger partial charge is 0.497 e. The zero-order chi connectivity index (χ0) is 18.4. The Morgan fingerprint density at radius 2 is 2.04 bits per heavy atom. The van der Waals surface area contributed by atoms with Gasteiger partial charge in [0, 0.05) is 24.4 Å². The maximum absolute atomic E-state index is 12.0. The lowest BCUT2D eigenvalue weighted by atomic mass is 10.1. The number of rotatable bonds is 7. The van der Waals surface area contributed by atoms with E-state index in [0.717, 1.165) is 22.7 Å². The second-order valence-corrected chi connectivity index (χ2v) is 5.86. The van der Waals surface area contributed by atoms with Crippen LogP contribution in [0, 0.1) is 13.8 Å². The van der Waals surface area contributed by atoms with Gasteiger partial charge in [0.15, 0.2) is 0 Å². The van der Waals surface area contributed by atoms with E-state index in [1.165, 1.54) is 0 Å². The Morgan fingerprint density at radius 1 is 1.32 bits per heavy atom. The fraction of sp³-hybridized carbons (Fsp3) is 0.444. The summed E-state index contributed by atoms with van der Waals surface area (Å²) in [6.45, 7) is 6.66. The molecule has 1 atom stereocenters. The van der Waals surface area contributed by atoms with Crippen LogP contribution in [-0.4, -0.2) is 36.1 Å². The van der Waals surface area contributed by atoms with Gasteiger partial charge >= 0.3 is 6.03 Å². The second kappa shape index (κ2) is 8.41. The van der Waals surface area contributed by atoms with E-state index in [1.807, 2.05) is 50.7 Å². The fourth-order valence-corrected chi connectivity index (χ4v) is 2.76. The van der Waals surface area contributed by atoms with Crippen molar-refractivity contribution in [2.75, 3.05) is 20.3 Å². The average molecular weight is 346 g/mol. The van der Waals surface area contributed by atoms with Gasteiger partial charge in [-0.3, -0.25) is 4.68 Å². The Balaban J connectivity index is 1.77. The summed E-state index contributed by atoms with van der Waals surface area (Å²) in [4.78, 5) is 12.0. The van der Waals surface area contributed by atoms with E-state index in [2.05, 4.69) is 15.7 Å². The van der Waals surface area contributed by atoms with Crippen molar-refractivity contribution in [2.24, 2.45) is 7.05 Å². The van der Waals surface area contributed by atoms with Crippen LogP contribution in [0.5, 0.6) is 11.5 Å². The van der Waals surface area contributed by atoms with Crippen LogP contribution in [0.2, 0.25) is 0 Å². The van der Waals surface area contributed by atoms with Crippen LogP contribution >= 0.6 is 0 Å². The summed E-state index contributed by atoms with van der Waals surface area (Å²) in [5.74, 6) is 1.44. The molecule has 0 saturated carbocycles. The fourth-order valence-electron chi connectivity index (χ4n) is 2.76. The maximum atomic E-state index is 12.0. The molecule has 0 radical (unpaired) electrons. The van der Waals surface area contributed by atoms with E-state index in [9.17, 15) is 4.79 Å². The molecule has 7 nitrogen and oxygen atoms in total. The molecule has 2 aromatic rings. The maximum Gasteiger partial charge on any atom is 0.315 e. The molecular formula is C18H26N4O3. The summed E-state index contributed by atoms with van der Waals surface area (Å²) in [7, 11) is 3.51. The normalized spacial score (nSPS) is 11.7. The zero-order valence-corrected chi connectivity index (χ0v) is 15.4. The first-order chi connectivity index (χ1) is 11.9. The molecule has 136 valence electrons. The van der Waals surface area contributed by atoms with Crippen molar-refractivity contribution < 1.29 is 14.3 Å². The third-order valence-electron chi connectivity index (χ3n) is 4.04. The van der Waals surface area contributed by atoms with Crippen molar-refractivity contribution in [3.63, 3.8) is 0 Å². The smallest absolute Gasteiger partial charge is 0.315 e. The van der Waals surface area contributed by atoms with E-state index in [0.29, 0.717) is 18.9 Å². The molecular weight excluding hydrogens is 320 g/mol. The quantitative estimate of drug-likeness (QED) is 0.755. The van der Waals surface area contributed by atoms with E-state index in [1.54, 1.807) is 13.2 Å². The number of aromatic nitrogens is 2. The molecule has 0 saturated heterocycles. The van der Waals surface area contributed by atoms with Crippen molar-refractivity contribution in [2.45, 2.75) is 26.8 Å². The molecule has 2 amide bonds. The average Bonchev–Trinajstić information content (AvgIpc) is 2.84. The molecule has 1 heterocycles. The minimum Gasteiger partial charge on any atom is -0.497 e. The summed E-state index contributed by atoms with van der Waals surface area (Å²) in [5.41, 5.74) is 3.02. The van der Waals surface area contributed by atoms with Gasteiger partial charge < -0.3 is 20.1 Å². The third-order valence-corrected chi connectivity index (χ3v) is 4.04. The number of methoxy groups -OCH3 is 1. The van der Waals surface area contributed by atoms with Crippen molar-refractivity contribution in [3.05, 3.63) is 41.2 Å². The molecule has 0 unspecified atom stereocenters. The SMILES string of the molecule is COc1cccc(OCCNC(=O)N[C@@H](C)c2c(C)nn(C)c2C)c1. The number of nitrogens with zero attached hydrogens (tertiary/aromatic N) is 2. The first-order valence-corrected chi connectivity index (χ1v) is 8.23. The Morgan fingerprint density at radius 3 is 2.68 bits per heavy atom. The highest BCUT2D eigenvalue weighted by molar-refractivity contribution is 5.74. The molecule has 0 aliphatic rings. The minimum atomic E-state index is -0.232. The number of carbonyl (C=O) groups is 1. The highest BCUT2D eigenvalue weighted by atomic mass is 16.5. The number of urea groups is 1. The number of hydrogen-bond donors (Lipinski definition) is 2. The van der Waals surface area contributed by atoms with Crippen molar-refractivity contribution >= 4 is 6.03 Å². The summed E-state index contributed by atoms with van der Waals surface area (Å²) >= 11 is 0. The van der Waals surface area contributed by atoms with Gasteiger partial charge in [-0.05, 0) is 32.9 Å². The van der Waals surface area contributed by atoms with Crippen molar-refractivity contribution in [1.29, 1.82) is 0 Å². The van der Waals surface area contributed by atoms with Crippen LogP contribution in [0.3, 0.4) is 0 Å². The molecule has 0 aliphatic carbocycles. The van der Waals surface area contributed by atoms with Crippen molar-refractivity contribution in [3.8, 4) is 11.5 Å². The molecule has 0 aliphatic heterocycles. The monoisotopic (exact) mass is 346 g/mol. The van der Waals surface area contributed by atoms with Crippen LogP contribution < -0.4 is 20.1 Å². The topological polar surface area (TPSA) is 77.4 Å². The van der Waals surface area contributed by atoms with Gasteiger partial charge in [0.05, 0.1) is 25.4 Å². The van der Waals surface area contributed by atoms with E-state index < -0.39 is 0 Å². The van der Waals surface area contributed by atoms with Gasteiger partial charge in [-0.1, -0.05) is 6.07 Å². The Labute approximate surface area is 148 Å².